The number of carbonyl (C=O) groups is 3. The van der Waals surface area contributed by atoms with Crippen LogP contribution in [0.5, 0.6) is 5.75 Å². The molecule has 2 heterocycles. The van der Waals surface area contributed by atoms with Crippen LogP contribution in [-0.4, -0.2) is 77.1 Å². The van der Waals surface area contributed by atoms with Gasteiger partial charge in [-0.3, -0.25) is 14.4 Å². The van der Waals surface area contributed by atoms with E-state index in [4.69, 9.17) is 4.74 Å². The first-order valence-corrected chi connectivity index (χ1v) is 12.1. The Kier molecular flexibility index (Phi) is 7.20. The number of aromatic nitrogens is 2. The lowest BCUT2D eigenvalue weighted by Crippen LogP contribution is -2.48. The Hall–Kier alpha value is -3.57. The molecule has 4 rings (SSSR count). The normalized spacial score (nSPS) is 16.3. The summed E-state index contributed by atoms with van der Waals surface area (Å²) in [7, 11) is 4.77. The van der Waals surface area contributed by atoms with Crippen molar-refractivity contribution in [1.29, 1.82) is 0 Å². The summed E-state index contributed by atoms with van der Waals surface area (Å²) in [6.45, 7) is 0.429. The van der Waals surface area contributed by atoms with Gasteiger partial charge in [0.15, 0.2) is 5.69 Å². The van der Waals surface area contributed by atoms with E-state index in [1.165, 1.54) is 16.9 Å². The maximum atomic E-state index is 13.7. The first-order valence-electron chi connectivity index (χ1n) is 12.1. The van der Waals surface area contributed by atoms with Crippen LogP contribution < -0.4 is 10.1 Å². The van der Waals surface area contributed by atoms with E-state index in [2.05, 4.69) is 10.4 Å². The summed E-state index contributed by atoms with van der Waals surface area (Å²) in [4.78, 5) is 40.9. The molecule has 1 N–H and O–H groups in total. The molecule has 12 heteroatoms. The molecule has 1 aliphatic carbocycles. The molecule has 37 heavy (non-hydrogen) atoms. The molecule has 0 radical (unpaired) electrons. The van der Waals surface area contributed by atoms with Crippen molar-refractivity contribution in [3.63, 3.8) is 0 Å². The molecule has 0 atom stereocenters. The van der Waals surface area contributed by atoms with Crippen LogP contribution in [0.3, 0.4) is 0 Å². The Morgan fingerprint density at radius 2 is 1.84 bits per heavy atom. The molecule has 1 aliphatic heterocycles. The van der Waals surface area contributed by atoms with Crippen molar-refractivity contribution < 1.29 is 32.3 Å². The number of amides is 3. The number of carbonyl (C=O) groups excluding carboxylic acids is 3. The number of halogens is 3. The number of nitrogens with one attached hydrogen (secondary N) is 1. The van der Waals surface area contributed by atoms with E-state index in [-0.39, 0.29) is 42.5 Å². The van der Waals surface area contributed by atoms with E-state index in [0.717, 1.165) is 4.68 Å². The topological polar surface area (TPSA) is 96.8 Å². The molecule has 0 spiro atoms. The van der Waals surface area contributed by atoms with E-state index in [9.17, 15) is 27.6 Å². The van der Waals surface area contributed by atoms with Crippen LogP contribution in [0.2, 0.25) is 0 Å². The average Bonchev–Trinajstić information content (AvgIpc) is 3.51. The highest BCUT2D eigenvalue weighted by molar-refractivity contribution is 5.96. The van der Waals surface area contributed by atoms with Gasteiger partial charge in [0.2, 0.25) is 11.8 Å². The van der Waals surface area contributed by atoms with Crippen molar-refractivity contribution in [3.05, 3.63) is 41.2 Å². The summed E-state index contributed by atoms with van der Waals surface area (Å²) in [5, 5.41) is 6.60. The van der Waals surface area contributed by atoms with Crippen LogP contribution in [0.25, 0.3) is 5.69 Å². The smallest absolute Gasteiger partial charge is 0.435 e. The first kappa shape index (κ1) is 26.5. The Morgan fingerprint density at radius 3 is 2.41 bits per heavy atom. The number of unbranched alkanes of at least 4 members (excludes halogenated alkanes) is 1. The van der Waals surface area contributed by atoms with Crippen LogP contribution >= 0.6 is 0 Å². The minimum absolute atomic E-state index is 0.0295. The van der Waals surface area contributed by atoms with Gasteiger partial charge in [-0.05, 0) is 56.4 Å². The summed E-state index contributed by atoms with van der Waals surface area (Å²) in [6.07, 6.45) is -2.28. The number of methoxy groups -OCH3 is 1. The van der Waals surface area contributed by atoms with Gasteiger partial charge in [0, 0.05) is 39.2 Å². The molecule has 3 amide bonds. The first-order chi connectivity index (χ1) is 17.5. The molecule has 1 fully saturated rings. The van der Waals surface area contributed by atoms with E-state index in [1.54, 1.807) is 38.4 Å². The Labute approximate surface area is 212 Å². The number of alkyl halides is 3. The second-order valence-electron chi connectivity index (χ2n) is 9.61. The molecule has 200 valence electrons. The van der Waals surface area contributed by atoms with Gasteiger partial charge in [-0.1, -0.05) is 0 Å². The van der Waals surface area contributed by atoms with E-state index < -0.39 is 23.3 Å². The van der Waals surface area contributed by atoms with Gasteiger partial charge in [0.05, 0.1) is 12.8 Å². The van der Waals surface area contributed by atoms with Gasteiger partial charge >= 0.3 is 6.18 Å². The number of benzene rings is 1. The summed E-state index contributed by atoms with van der Waals surface area (Å²) >= 11 is 0. The highest BCUT2D eigenvalue weighted by Crippen LogP contribution is 2.37. The van der Waals surface area contributed by atoms with Crippen molar-refractivity contribution in [2.75, 3.05) is 34.3 Å². The number of likely N-dealkylation sites (N-methyl/N-ethyl adjacent to an activating group) is 1. The second-order valence-corrected chi connectivity index (χ2v) is 9.61. The maximum Gasteiger partial charge on any atom is 0.435 e. The van der Waals surface area contributed by atoms with Crippen molar-refractivity contribution in [2.45, 2.75) is 50.2 Å². The Morgan fingerprint density at radius 1 is 1.16 bits per heavy atom. The molecular formula is C25H30F3N5O4. The summed E-state index contributed by atoms with van der Waals surface area (Å²) in [6, 6.07) is 6.27. The molecule has 1 aromatic carbocycles. The molecular weight excluding hydrogens is 491 g/mol. The van der Waals surface area contributed by atoms with Gasteiger partial charge in [0.25, 0.3) is 5.91 Å². The second kappa shape index (κ2) is 10.1. The van der Waals surface area contributed by atoms with Gasteiger partial charge in [-0.25, -0.2) is 4.68 Å². The number of fused-ring (bicyclic) bond motifs is 1. The van der Waals surface area contributed by atoms with Crippen LogP contribution in [-0.2, 0) is 22.2 Å². The van der Waals surface area contributed by atoms with Gasteiger partial charge in [-0.2, -0.15) is 18.3 Å². The number of nitrogens with zero attached hydrogens (tertiary/aromatic N) is 4. The summed E-state index contributed by atoms with van der Waals surface area (Å²) in [5.74, 6) is -0.357. The van der Waals surface area contributed by atoms with E-state index >= 15 is 0 Å². The molecule has 0 bridgehead atoms. The van der Waals surface area contributed by atoms with Crippen molar-refractivity contribution in [3.8, 4) is 11.4 Å². The average molecular weight is 522 g/mol. The highest BCUT2D eigenvalue weighted by Gasteiger charge is 2.51. The molecule has 1 aromatic heterocycles. The number of rotatable bonds is 9. The van der Waals surface area contributed by atoms with Gasteiger partial charge < -0.3 is 19.9 Å². The number of hydrogen-bond acceptors (Lipinski definition) is 5. The number of hydrogen-bond donors (Lipinski definition) is 1. The third-order valence-corrected chi connectivity index (χ3v) is 6.72. The molecule has 0 unspecified atom stereocenters. The minimum Gasteiger partial charge on any atom is -0.497 e. The Bertz CT molecular complexity index is 1190. The van der Waals surface area contributed by atoms with Crippen LogP contribution in [0.15, 0.2) is 24.3 Å². The monoisotopic (exact) mass is 521 g/mol. The van der Waals surface area contributed by atoms with E-state index in [0.29, 0.717) is 43.7 Å². The zero-order chi connectivity index (χ0) is 27.0. The van der Waals surface area contributed by atoms with E-state index in [1.807, 2.05) is 0 Å². The standard InChI is InChI=1S/C25H30F3N5O4/c1-31(2)23(36)24(12-13-24)29-19(34)6-4-5-14-32-15-11-18-20(22(32)35)33(30-21(18)25(26,27)28)16-7-9-17(37-3)10-8-16/h7-10H,4-6,11-15H2,1-3H3,(H,29,34). The summed E-state index contributed by atoms with van der Waals surface area (Å²) < 4.78 is 47.3. The molecule has 2 aromatic rings. The molecule has 0 saturated heterocycles. The highest BCUT2D eigenvalue weighted by atomic mass is 19.4. The van der Waals surface area contributed by atoms with Crippen LogP contribution in [0.1, 0.15) is 53.8 Å². The van der Waals surface area contributed by atoms with Crippen molar-refractivity contribution in [2.24, 2.45) is 0 Å². The third kappa shape index (κ3) is 5.42. The fourth-order valence-electron chi connectivity index (χ4n) is 4.62. The van der Waals surface area contributed by atoms with Gasteiger partial charge in [0.1, 0.15) is 17.0 Å². The summed E-state index contributed by atoms with van der Waals surface area (Å²) in [5.41, 5.74) is -1.73. The quantitative estimate of drug-likeness (QED) is 0.512. The SMILES string of the molecule is COc1ccc(-n2nc(C(F)(F)F)c3c2C(=O)N(CCCCC(=O)NC2(C(=O)N(C)C)CC2)CC3)cc1. The Balaban J connectivity index is 1.41. The maximum absolute atomic E-state index is 13.7. The molecule has 2 aliphatic rings. The fourth-order valence-corrected chi connectivity index (χ4v) is 4.62. The number of ether oxygens (including phenoxy) is 1. The predicted molar refractivity (Wildman–Crippen MR) is 127 cm³/mol. The minimum atomic E-state index is -4.69. The van der Waals surface area contributed by atoms with Crippen LogP contribution in [0.4, 0.5) is 13.2 Å². The van der Waals surface area contributed by atoms with Crippen molar-refractivity contribution >= 4 is 17.7 Å². The zero-order valence-corrected chi connectivity index (χ0v) is 21.0. The lowest BCUT2D eigenvalue weighted by Gasteiger charge is -2.28. The molecule has 9 nitrogen and oxygen atoms in total. The third-order valence-electron chi connectivity index (χ3n) is 6.72. The zero-order valence-electron chi connectivity index (χ0n) is 21.0. The van der Waals surface area contributed by atoms with Crippen LogP contribution in [0, 0.1) is 0 Å². The van der Waals surface area contributed by atoms with Gasteiger partial charge in [-0.15, -0.1) is 0 Å². The lowest BCUT2D eigenvalue weighted by molar-refractivity contribution is -0.142. The lowest BCUT2D eigenvalue weighted by atomic mass is 10.0. The molecule has 1 saturated carbocycles. The predicted octanol–water partition coefficient (Wildman–Crippen LogP) is 2.81. The largest absolute Gasteiger partial charge is 0.497 e. The van der Waals surface area contributed by atoms with Crippen molar-refractivity contribution in [1.82, 2.24) is 24.9 Å². The fraction of sp³-hybridized carbons (Fsp3) is 0.520.